The van der Waals surface area contributed by atoms with Gasteiger partial charge in [-0.3, -0.25) is 4.79 Å². The lowest BCUT2D eigenvalue weighted by atomic mass is 10.2. The number of hydrogen-bond donors (Lipinski definition) is 2. The first-order chi connectivity index (χ1) is 12.7. The smallest absolute Gasteiger partial charge is 0.258 e. The molecule has 0 aliphatic heterocycles. The molecule has 0 aliphatic rings. The Morgan fingerprint density at radius 2 is 1.81 bits per heavy atom. The summed E-state index contributed by atoms with van der Waals surface area (Å²) in [7, 11) is -1.04. The van der Waals surface area contributed by atoms with Crippen LogP contribution in [0.25, 0.3) is 0 Å². The number of halogens is 2. The fourth-order valence-electron chi connectivity index (χ4n) is 2.27. The van der Waals surface area contributed by atoms with Crippen molar-refractivity contribution in [2.75, 3.05) is 26.1 Å². The number of amides is 1. The molecule has 2 N–H and O–H groups in total. The van der Waals surface area contributed by atoms with Gasteiger partial charge < -0.3 is 14.8 Å². The third kappa shape index (κ3) is 4.68. The molecule has 0 fully saturated rings. The van der Waals surface area contributed by atoms with Crippen molar-refractivity contribution in [1.29, 1.82) is 0 Å². The second-order valence-electron chi connectivity index (χ2n) is 5.28. The molecule has 2 aromatic carbocycles. The Hall–Kier alpha value is -2.36. The maximum atomic E-state index is 14.1. The van der Waals surface area contributed by atoms with Gasteiger partial charge in [0.1, 0.15) is 17.3 Å². The van der Waals surface area contributed by atoms with Crippen molar-refractivity contribution in [3.05, 3.63) is 46.7 Å². The Kier molecular flexibility index (Phi) is 6.63. The number of benzene rings is 2. The summed E-state index contributed by atoms with van der Waals surface area (Å²) >= 11 is 6.05. The number of ether oxygens (including phenoxy) is 2. The standard InChI is InChI=1S/C17H18ClFN2O5S/c1-4-20-27(23,24)10-5-6-13(19)11(7-10)17(22)21-14-8-12(18)15(25-2)9-16(14)26-3/h5-9,20H,4H2,1-3H3,(H,21,22). The van der Waals surface area contributed by atoms with Crippen molar-refractivity contribution in [3.8, 4) is 11.5 Å². The van der Waals surface area contributed by atoms with Crippen molar-refractivity contribution in [3.63, 3.8) is 0 Å². The third-order valence-electron chi connectivity index (χ3n) is 3.55. The predicted octanol–water partition coefficient (Wildman–Crippen LogP) is 3.05. The summed E-state index contributed by atoms with van der Waals surface area (Å²) in [5.41, 5.74) is -0.268. The molecular weight excluding hydrogens is 399 g/mol. The zero-order valence-electron chi connectivity index (χ0n) is 14.8. The van der Waals surface area contributed by atoms with Crippen molar-refractivity contribution >= 4 is 33.2 Å². The minimum absolute atomic E-state index is 0.156. The molecule has 0 aromatic heterocycles. The van der Waals surface area contributed by atoms with E-state index in [-0.39, 0.29) is 27.9 Å². The van der Waals surface area contributed by atoms with Crippen LogP contribution in [0.1, 0.15) is 17.3 Å². The average Bonchev–Trinajstić information content (AvgIpc) is 2.62. The van der Waals surface area contributed by atoms with E-state index in [9.17, 15) is 17.6 Å². The van der Waals surface area contributed by atoms with Gasteiger partial charge in [-0.05, 0) is 24.3 Å². The van der Waals surface area contributed by atoms with Crippen LogP contribution in [0.3, 0.4) is 0 Å². The van der Waals surface area contributed by atoms with Crippen LogP contribution in [-0.2, 0) is 10.0 Å². The van der Waals surface area contributed by atoms with E-state index < -0.39 is 27.3 Å². The molecule has 0 bridgehead atoms. The van der Waals surface area contributed by atoms with Gasteiger partial charge in [0.25, 0.3) is 5.91 Å². The number of methoxy groups -OCH3 is 2. The molecule has 0 unspecified atom stereocenters. The van der Waals surface area contributed by atoms with E-state index in [1.165, 1.54) is 26.4 Å². The van der Waals surface area contributed by atoms with E-state index in [1.807, 2.05) is 0 Å². The first-order valence-electron chi connectivity index (χ1n) is 7.75. The van der Waals surface area contributed by atoms with Crippen LogP contribution in [0.15, 0.2) is 35.2 Å². The van der Waals surface area contributed by atoms with Crippen LogP contribution < -0.4 is 19.5 Å². The lowest BCUT2D eigenvalue weighted by Crippen LogP contribution is -2.24. The molecule has 0 aliphatic carbocycles. The number of nitrogens with one attached hydrogen (secondary N) is 2. The van der Waals surface area contributed by atoms with E-state index in [0.717, 1.165) is 18.2 Å². The normalized spacial score (nSPS) is 11.1. The van der Waals surface area contributed by atoms with Gasteiger partial charge in [0.05, 0.1) is 35.4 Å². The van der Waals surface area contributed by atoms with Crippen LogP contribution in [-0.4, -0.2) is 35.1 Å². The summed E-state index contributed by atoms with van der Waals surface area (Å²) < 4.78 is 50.8. The number of sulfonamides is 1. The quantitative estimate of drug-likeness (QED) is 0.723. The van der Waals surface area contributed by atoms with Crippen LogP contribution >= 0.6 is 11.6 Å². The van der Waals surface area contributed by atoms with Crippen molar-refractivity contribution in [1.82, 2.24) is 4.72 Å². The molecule has 0 saturated heterocycles. The molecule has 2 rings (SSSR count). The topological polar surface area (TPSA) is 93.7 Å². The summed E-state index contributed by atoms with van der Waals surface area (Å²) in [6.45, 7) is 1.76. The van der Waals surface area contributed by atoms with Gasteiger partial charge >= 0.3 is 0 Å². The Bertz CT molecular complexity index is 966. The summed E-state index contributed by atoms with van der Waals surface area (Å²) in [4.78, 5) is 12.3. The van der Waals surface area contributed by atoms with Crippen LogP contribution in [0.4, 0.5) is 10.1 Å². The van der Waals surface area contributed by atoms with Gasteiger partial charge in [0.2, 0.25) is 10.0 Å². The number of anilines is 1. The van der Waals surface area contributed by atoms with E-state index in [0.29, 0.717) is 5.75 Å². The average molecular weight is 417 g/mol. The fraction of sp³-hybridized carbons (Fsp3) is 0.235. The predicted molar refractivity (Wildman–Crippen MR) is 99.8 cm³/mol. The Morgan fingerprint density at radius 1 is 1.15 bits per heavy atom. The maximum absolute atomic E-state index is 14.1. The second-order valence-corrected chi connectivity index (χ2v) is 7.46. The van der Waals surface area contributed by atoms with Gasteiger partial charge in [-0.15, -0.1) is 0 Å². The largest absolute Gasteiger partial charge is 0.495 e. The molecule has 2 aromatic rings. The van der Waals surface area contributed by atoms with E-state index in [1.54, 1.807) is 6.92 Å². The van der Waals surface area contributed by atoms with Crippen molar-refractivity contribution < 1.29 is 27.1 Å². The number of hydrogen-bond acceptors (Lipinski definition) is 5. The molecule has 0 atom stereocenters. The summed E-state index contributed by atoms with van der Waals surface area (Å²) in [5.74, 6) is -1.17. The zero-order chi connectivity index (χ0) is 20.2. The molecular formula is C17H18ClFN2O5S. The van der Waals surface area contributed by atoms with E-state index in [2.05, 4.69) is 10.0 Å². The minimum Gasteiger partial charge on any atom is -0.495 e. The summed E-state index contributed by atoms with van der Waals surface area (Å²) in [6, 6.07) is 5.79. The Morgan fingerprint density at radius 3 is 2.41 bits per heavy atom. The lowest BCUT2D eigenvalue weighted by Gasteiger charge is -2.14. The first kappa shape index (κ1) is 20.9. The Balaban J connectivity index is 2.41. The van der Waals surface area contributed by atoms with Gasteiger partial charge in [-0.25, -0.2) is 17.5 Å². The van der Waals surface area contributed by atoms with Crippen LogP contribution in [0, 0.1) is 5.82 Å². The molecule has 0 radical (unpaired) electrons. The van der Waals surface area contributed by atoms with Crippen molar-refractivity contribution in [2.45, 2.75) is 11.8 Å². The van der Waals surface area contributed by atoms with E-state index in [4.69, 9.17) is 21.1 Å². The number of rotatable bonds is 7. The molecule has 0 saturated carbocycles. The fourth-order valence-corrected chi connectivity index (χ4v) is 3.57. The number of carbonyl (C=O) groups excluding carboxylic acids is 1. The van der Waals surface area contributed by atoms with Gasteiger partial charge in [0.15, 0.2) is 0 Å². The third-order valence-corrected chi connectivity index (χ3v) is 5.39. The van der Waals surface area contributed by atoms with Gasteiger partial charge in [0, 0.05) is 12.6 Å². The lowest BCUT2D eigenvalue weighted by molar-refractivity contribution is 0.102. The maximum Gasteiger partial charge on any atom is 0.258 e. The molecule has 1 amide bonds. The highest BCUT2D eigenvalue weighted by Gasteiger charge is 2.20. The first-order valence-corrected chi connectivity index (χ1v) is 9.61. The summed E-state index contributed by atoms with van der Waals surface area (Å²) in [6.07, 6.45) is 0. The summed E-state index contributed by atoms with van der Waals surface area (Å²) in [5, 5.41) is 2.67. The van der Waals surface area contributed by atoms with E-state index >= 15 is 0 Å². The molecule has 0 spiro atoms. The highest BCUT2D eigenvalue weighted by Crippen LogP contribution is 2.36. The molecule has 7 nitrogen and oxygen atoms in total. The van der Waals surface area contributed by atoms with Gasteiger partial charge in [-0.2, -0.15) is 0 Å². The monoisotopic (exact) mass is 416 g/mol. The molecule has 27 heavy (non-hydrogen) atoms. The minimum atomic E-state index is -3.84. The van der Waals surface area contributed by atoms with Crippen LogP contribution in [0.2, 0.25) is 5.02 Å². The molecule has 0 heterocycles. The Labute approximate surface area is 161 Å². The van der Waals surface area contributed by atoms with Crippen LogP contribution in [0.5, 0.6) is 11.5 Å². The SMILES string of the molecule is CCNS(=O)(=O)c1ccc(F)c(C(=O)Nc2cc(Cl)c(OC)cc2OC)c1. The second kappa shape index (κ2) is 8.55. The van der Waals surface area contributed by atoms with Gasteiger partial charge in [-0.1, -0.05) is 18.5 Å². The van der Waals surface area contributed by atoms with Crippen molar-refractivity contribution in [2.24, 2.45) is 0 Å². The highest BCUT2D eigenvalue weighted by molar-refractivity contribution is 7.89. The number of carbonyl (C=O) groups is 1. The zero-order valence-corrected chi connectivity index (χ0v) is 16.4. The molecule has 10 heteroatoms. The highest BCUT2D eigenvalue weighted by atomic mass is 35.5. The molecule has 146 valence electrons.